The average molecular weight is 349 g/mol. The van der Waals surface area contributed by atoms with Crippen LogP contribution in [0.5, 0.6) is 0 Å². The molecule has 4 aliphatic carbocycles. The number of hydrogen-bond acceptors (Lipinski definition) is 3. The fourth-order valence-corrected chi connectivity index (χ4v) is 8.85. The van der Waals surface area contributed by atoms with Gasteiger partial charge in [-0.2, -0.15) is 0 Å². The van der Waals surface area contributed by atoms with E-state index in [1.165, 1.54) is 51.4 Å². The van der Waals surface area contributed by atoms with Crippen molar-refractivity contribution in [1.82, 2.24) is 0 Å². The van der Waals surface area contributed by atoms with Crippen LogP contribution in [-0.4, -0.2) is 30.2 Å². The molecular weight excluding hydrogens is 312 g/mol. The summed E-state index contributed by atoms with van der Waals surface area (Å²) in [7, 11) is 0. The molecular formula is C22H36O3. The maximum Gasteiger partial charge on any atom is 0.163 e. The maximum atomic E-state index is 11.1. The predicted octanol–water partition coefficient (Wildman–Crippen LogP) is 4.52. The smallest absolute Gasteiger partial charge is 0.163 e. The Morgan fingerprint density at radius 2 is 1.92 bits per heavy atom. The van der Waals surface area contributed by atoms with Gasteiger partial charge in [-0.25, -0.2) is 0 Å². The van der Waals surface area contributed by atoms with Crippen LogP contribution in [0.2, 0.25) is 0 Å². The summed E-state index contributed by atoms with van der Waals surface area (Å²) >= 11 is 0. The summed E-state index contributed by atoms with van der Waals surface area (Å²) in [5.74, 6) is 1.94. The van der Waals surface area contributed by atoms with Crippen LogP contribution in [0.15, 0.2) is 0 Å². The first-order valence-corrected chi connectivity index (χ1v) is 10.8. The number of rotatable bonds is 2. The topological polar surface area (TPSA) is 38.7 Å². The third kappa shape index (κ3) is 2.04. The van der Waals surface area contributed by atoms with Crippen LogP contribution in [0.3, 0.4) is 0 Å². The second-order valence-corrected chi connectivity index (χ2v) is 10.7. The molecule has 3 heteroatoms. The van der Waals surface area contributed by atoms with Crippen molar-refractivity contribution in [3.8, 4) is 0 Å². The molecule has 5 fully saturated rings. The van der Waals surface area contributed by atoms with Gasteiger partial charge in [0.1, 0.15) is 0 Å². The Balaban J connectivity index is 1.61. The molecule has 1 aliphatic heterocycles. The second kappa shape index (κ2) is 5.23. The largest absolute Gasteiger partial charge is 0.390 e. The molecule has 0 radical (unpaired) electrons. The molecule has 5 aliphatic rings. The van der Waals surface area contributed by atoms with E-state index in [1.54, 1.807) is 0 Å². The molecule has 0 aromatic rings. The van der Waals surface area contributed by atoms with Crippen LogP contribution >= 0.6 is 0 Å². The van der Waals surface area contributed by atoms with Crippen LogP contribution < -0.4 is 0 Å². The molecule has 0 amide bonds. The van der Waals surface area contributed by atoms with Gasteiger partial charge in [-0.3, -0.25) is 0 Å². The number of fused-ring (bicyclic) bond motifs is 1. The van der Waals surface area contributed by atoms with Crippen molar-refractivity contribution < 1.29 is 14.6 Å². The van der Waals surface area contributed by atoms with Gasteiger partial charge < -0.3 is 14.6 Å². The highest BCUT2D eigenvalue weighted by molar-refractivity contribution is 5.19. The van der Waals surface area contributed by atoms with Crippen molar-refractivity contribution in [2.45, 2.75) is 90.4 Å². The van der Waals surface area contributed by atoms with E-state index >= 15 is 0 Å². The van der Waals surface area contributed by atoms with Gasteiger partial charge in [-0.05, 0) is 93.8 Å². The van der Waals surface area contributed by atoms with E-state index in [0.29, 0.717) is 22.7 Å². The first kappa shape index (κ1) is 17.0. The summed E-state index contributed by atoms with van der Waals surface area (Å²) in [5.41, 5.74) is 0.431. The molecule has 1 unspecified atom stereocenters. The summed E-state index contributed by atoms with van der Waals surface area (Å²) < 4.78 is 12.8. The van der Waals surface area contributed by atoms with E-state index in [-0.39, 0.29) is 11.7 Å². The Bertz CT molecular complexity index is 559. The normalized spacial score (nSPS) is 60.0. The van der Waals surface area contributed by atoms with Gasteiger partial charge in [0.15, 0.2) is 6.29 Å². The lowest BCUT2D eigenvalue weighted by Gasteiger charge is -2.69. The zero-order valence-corrected chi connectivity index (χ0v) is 16.4. The van der Waals surface area contributed by atoms with Gasteiger partial charge in [0.25, 0.3) is 0 Å². The Morgan fingerprint density at radius 3 is 2.72 bits per heavy atom. The number of aliphatic hydroxyl groups is 1. The van der Waals surface area contributed by atoms with E-state index in [1.807, 2.05) is 0 Å². The van der Waals surface area contributed by atoms with Crippen molar-refractivity contribution >= 4 is 0 Å². The molecule has 0 aromatic carbocycles. The van der Waals surface area contributed by atoms with Crippen LogP contribution in [-0.2, 0) is 9.47 Å². The van der Waals surface area contributed by atoms with Crippen LogP contribution in [0.1, 0.15) is 78.6 Å². The standard InChI is InChI=1S/C22H36O3/c1-4-24-18-22-10-5-9-19(2,14-25-18)16(22)8-11-21-12-15(6-7-17(21)22)20(3,23)13-21/h15-18,23H,4-14H2,1-3H3/t15-,16-,17-,18?,19+,20-,21+,22+/m1/s1. The van der Waals surface area contributed by atoms with Gasteiger partial charge in [-0.1, -0.05) is 13.3 Å². The predicted molar refractivity (Wildman–Crippen MR) is 97.0 cm³/mol. The molecule has 1 saturated heterocycles. The molecule has 142 valence electrons. The number of ether oxygens (including phenoxy) is 2. The highest BCUT2D eigenvalue weighted by atomic mass is 16.7. The van der Waals surface area contributed by atoms with Gasteiger partial charge in [-0.15, -0.1) is 0 Å². The summed E-state index contributed by atoms with van der Waals surface area (Å²) in [4.78, 5) is 0. The lowest BCUT2D eigenvalue weighted by Crippen LogP contribution is -2.67. The summed E-state index contributed by atoms with van der Waals surface area (Å²) in [5, 5.41) is 11.1. The Hall–Kier alpha value is -0.120. The van der Waals surface area contributed by atoms with Gasteiger partial charge in [0, 0.05) is 12.0 Å². The van der Waals surface area contributed by atoms with Crippen LogP contribution in [0.25, 0.3) is 0 Å². The van der Waals surface area contributed by atoms with Crippen molar-refractivity contribution in [3.63, 3.8) is 0 Å². The number of hydrogen-bond donors (Lipinski definition) is 1. The van der Waals surface area contributed by atoms with Crippen molar-refractivity contribution in [2.75, 3.05) is 13.2 Å². The first-order chi connectivity index (χ1) is 11.9. The molecule has 25 heavy (non-hydrogen) atoms. The molecule has 1 spiro atoms. The van der Waals surface area contributed by atoms with E-state index in [4.69, 9.17) is 9.47 Å². The van der Waals surface area contributed by atoms with Crippen molar-refractivity contribution in [3.05, 3.63) is 0 Å². The van der Waals surface area contributed by atoms with Gasteiger partial charge >= 0.3 is 0 Å². The lowest BCUT2D eigenvalue weighted by molar-refractivity contribution is -0.341. The van der Waals surface area contributed by atoms with E-state index in [2.05, 4.69) is 20.8 Å². The quantitative estimate of drug-likeness (QED) is 0.797. The minimum Gasteiger partial charge on any atom is -0.390 e. The molecule has 4 bridgehead atoms. The maximum absolute atomic E-state index is 11.1. The Labute approximate surface area is 152 Å². The monoisotopic (exact) mass is 348 g/mol. The van der Waals surface area contributed by atoms with Crippen molar-refractivity contribution in [1.29, 1.82) is 0 Å². The molecule has 5 rings (SSSR count). The van der Waals surface area contributed by atoms with Gasteiger partial charge in [0.05, 0.1) is 12.2 Å². The second-order valence-electron chi connectivity index (χ2n) is 10.7. The summed E-state index contributed by atoms with van der Waals surface area (Å²) in [6.45, 7) is 8.34. The SMILES string of the molecule is CCOC1OC[C@]2(C)CCC[C@@]13[C@@H]2CC[C@@]12C[C@@H](CC[C@H]13)[C@](C)(O)C2. The molecule has 0 aromatic heterocycles. The van der Waals surface area contributed by atoms with Crippen LogP contribution in [0, 0.1) is 34.0 Å². The first-order valence-electron chi connectivity index (χ1n) is 10.8. The van der Waals surface area contributed by atoms with E-state index in [9.17, 15) is 5.11 Å². The molecule has 1 N–H and O–H groups in total. The fourth-order valence-electron chi connectivity index (χ4n) is 8.85. The molecule has 4 saturated carbocycles. The highest BCUT2D eigenvalue weighted by Crippen LogP contribution is 2.75. The van der Waals surface area contributed by atoms with Crippen LogP contribution in [0.4, 0.5) is 0 Å². The summed E-state index contributed by atoms with van der Waals surface area (Å²) in [6.07, 6.45) is 11.3. The highest BCUT2D eigenvalue weighted by Gasteiger charge is 2.71. The molecule has 8 atom stereocenters. The minimum atomic E-state index is -0.452. The van der Waals surface area contributed by atoms with Gasteiger partial charge in [0.2, 0.25) is 0 Å². The zero-order chi connectivity index (χ0) is 17.5. The lowest BCUT2D eigenvalue weighted by atomic mass is 9.39. The van der Waals surface area contributed by atoms with E-state index in [0.717, 1.165) is 25.6 Å². The zero-order valence-electron chi connectivity index (χ0n) is 16.4. The Morgan fingerprint density at radius 1 is 1.08 bits per heavy atom. The third-order valence-electron chi connectivity index (χ3n) is 9.53. The third-order valence-corrected chi connectivity index (χ3v) is 9.53. The average Bonchev–Trinajstić information content (AvgIpc) is 2.74. The summed E-state index contributed by atoms with van der Waals surface area (Å²) in [6, 6.07) is 0. The molecule has 1 heterocycles. The van der Waals surface area contributed by atoms with E-state index < -0.39 is 5.60 Å². The minimum absolute atomic E-state index is 0.0138. The van der Waals surface area contributed by atoms with Crippen molar-refractivity contribution in [2.24, 2.45) is 34.0 Å². The fraction of sp³-hybridized carbons (Fsp3) is 1.00. The molecule has 3 nitrogen and oxygen atoms in total. The Kier molecular flexibility index (Phi) is 3.56.